The van der Waals surface area contributed by atoms with Gasteiger partial charge < -0.3 is 9.47 Å². The van der Waals surface area contributed by atoms with Crippen LogP contribution in [0.1, 0.15) is 29.8 Å². The van der Waals surface area contributed by atoms with E-state index in [9.17, 15) is 4.79 Å². The first-order chi connectivity index (χ1) is 11.1. The first kappa shape index (κ1) is 16.5. The van der Waals surface area contributed by atoms with Gasteiger partial charge in [-0.1, -0.05) is 6.07 Å². The maximum Gasteiger partial charge on any atom is 0.271 e. The Bertz CT molecular complexity index is 679. The summed E-state index contributed by atoms with van der Waals surface area (Å²) >= 11 is 0. The van der Waals surface area contributed by atoms with Gasteiger partial charge in [0.1, 0.15) is 11.5 Å². The minimum Gasteiger partial charge on any atom is -0.497 e. The summed E-state index contributed by atoms with van der Waals surface area (Å²) in [5.41, 5.74) is 3.85. The Morgan fingerprint density at radius 2 is 1.87 bits per heavy atom. The van der Waals surface area contributed by atoms with E-state index in [1.807, 2.05) is 38.1 Å². The van der Waals surface area contributed by atoms with Gasteiger partial charge in [0.05, 0.1) is 19.4 Å². The summed E-state index contributed by atoms with van der Waals surface area (Å²) in [7, 11) is 1.56. The lowest BCUT2D eigenvalue weighted by molar-refractivity contribution is 0.0955. The SMILES string of the molecule is COc1cccc(C(=O)N/N=C\c2ccc(OC(C)C)cc2)c1. The Hall–Kier alpha value is -2.82. The van der Waals surface area contributed by atoms with E-state index in [1.54, 1.807) is 37.6 Å². The highest BCUT2D eigenvalue weighted by Gasteiger charge is 2.04. The van der Waals surface area contributed by atoms with Gasteiger partial charge in [0.15, 0.2) is 0 Å². The van der Waals surface area contributed by atoms with Crippen molar-refractivity contribution in [1.82, 2.24) is 5.43 Å². The molecule has 0 radical (unpaired) electrons. The van der Waals surface area contributed by atoms with Crippen LogP contribution in [0.15, 0.2) is 53.6 Å². The molecule has 0 spiro atoms. The van der Waals surface area contributed by atoms with Crippen molar-refractivity contribution in [3.05, 3.63) is 59.7 Å². The van der Waals surface area contributed by atoms with Crippen molar-refractivity contribution in [2.45, 2.75) is 20.0 Å². The predicted octanol–water partition coefficient (Wildman–Crippen LogP) is 3.25. The highest BCUT2D eigenvalue weighted by Crippen LogP contribution is 2.13. The van der Waals surface area contributed by atoms with Crippen LogP contribution in [0, 0.1) is 0 Å². The van der Waals surface area contributed by atoms with E-state index in [-0.39, 0.29) is 12.0 Å². The van der Waals surface area contributed by atoms with Gasteiger partial charge in [0.2, 0.25) is 0 Å². The van der Waals surface area contributed by atoms with E-state index >= 15 is 0 Å². The van der Waals surface area contributed by atoms with Gasteiger partial charge in [-0.25, -0.2) is 5.43 Å². The Morgan fingerprint density at radius 1 is 1.13 bits per heavy atom. The lowest BCUT2D eigenvalue weighted by Gasteiger charge is -2.09. The van der Waals surface area contributed by atoms with Gasteiger partial charge in [0, 0.05) is 5.56 Å². The van der Waals surface area contributed by atoms with Crippen molar-refractivity contribution in [3.63, 3.8) is 0 Å². The minimum atomic E-state index is -0.292. The van der Waals surface area contributed by atoms with Gasteiger partial charge in [-0.15, -0.1) is 0 Å². The molecule has 2 rings (SSSR count). The van der Waals surface area contributed by atoms with Crippen LogP contribution in [-0.2, 0) is 0 Å². The van der Waals surface area contributed by atoms with Crippen LogP contribution in [0.3, 0.4) is 0 Å². The summed E-state index contributed by atoms with van der Waals surface area (Å²) in [4.78, 5) is 12.0. The molecular formula is C18H20N2O3. The van der Waals surface area contributed by atoms with E-state index in [4.69, 9.17) is 9.47 Å². The zero-order chi connectivity index (χ0) is 16.7. The summed E-state index contributed by atoms with van der Waals surface area (Å²) in [6, 6.07) is 14.4. The molecule has 0 saturated heterocycles. The Labute approximate surface area is 135 Å². The lowest BCUT2D eigenvalue weighted by Crippen LogP contribution is -2.17. The van der Waals surface area contributed by atoms with Crippen molar-refractivity contribution in [1.29, 1.82) is 0 Å². The van der Waals surface area contributed by atoms with Crippen LogP contribution in [0.5, 0.6) is 11.5 Å². The zero-order valence-corrected chi connectivity index (χ0v) is 13.4. The third-order valence-corrected chi connectivity index (χ3v) is 2.96. The molecular weight excluding hydrogens is 292 g/mol. The first-order valence-corrected chi connectivity index (χ1v) is 7.32. The molecule has 0 fully saturated rings. The van der Waals surface area contributed by atoms with Crippen LogP contribution in [0.4, 0.5) is 0 Å². The Kier molecular flexibility index (Phi) is 5.74. The summed E-state index contributed by atoms with van der Waals surface area (Å²) < 4.78 is 10.7. The number of carbonyl (C=O) groups is 1. The van der Waals surface area contributed by atoms with Gasteiger partial charge in [-0.2, -0.15) is 5.10 Å². The number of ether oxygens (including phenoxy) is 2. The average Bonchev–Trinajstić information content (AvgIpc) is 2.56. The van der Waals surface area contributed by atoms with Crippen LogP contribution < -0.4 is 14.9 Å². The summed E-state index contributed by atoms with van der Waals surface area (Å²) in [5.74, 6) is 1.14. The molecule has 2 aromatic rings. The number of hydrogen-bond donors (Lipinski definition) is 1. The van der Waals surface area contributed by atoms with Crippen molar-refractivity contribution in [3.8, 4) is 11.5 Å². The minimum absolute atomic E-state index is 0.136. The van der Waals surface area contributed by atoms with Crippen LogP contribution in [-0.4, -0.2) is 25.3 Å². The maximum atomic E-state index is 12.0. The van der Waals surface area contributed by atoms with Crippen LogP contribution in [0.25, 0.3) is 0 Å². The lowest BCUT2D eigenvalue weighted by atomic mass is 10.2. The second-order valence-corrected chi connectivity index (χ2v) is 5.17. The van der Waals surface area contributed by atoms with Gasteiger partial charge in [-0.05, 0) is 61.9 Å². The Balaban J connectivity index is 1.94. The molecule has 0 saturated carbocycles. The zero-order valence-electron chi connectivity index (χ0n) is 13.4. The molecule has 0 aliphatic rings. The molecule has 1 N–H and O–H groups in total. The van der Waals surface area contributed by atoms with Gasteiger partial charge >= 0.3 is 0 Å². The fraction of sp³-hybridized carbons (Fsp3) is 0.222. The number of hydrazone groups is 1. The molecule has 23 heavy (non-hydrogen) atoms. The fourth-order valence-electron chi connectivity index (χ4n) is 1.90. The van der Waals surface area contributed by atoms with Gasteiger partial charge in [-0.3, -0.25) is 4.79 Å². The van der Waals surface area contributed by atoms with Crippen molar-refractivity contribution >= 4 is 12.1 Å². The van der Waals surface area contributed by atoms with E-state index in [0.717, 1.165) is 11.3 Å². The molecule has 0 bridgehead atoms. The summed E-state index contributed by atoms with van der Waals surface area (Å²) in [5, 5.41) is 3.96. The van der Waals surface area contributed by atoms with Crippen molar-refractivity contribution in [2.75, 3.05) is 7.11 Å². The highest BCUT2D eigenvalue weighted by atomic mass is 16.5. The van der Waals surface area contributed by atoms with Crippen LogP contribution in [0.2, 0.25) is 0 Å². The molecule has 0 aromatic heterocycles. The maximum absolute atomic E-state index is 12.0. The predicted molar refractivity (Wildman–Crippen MR) is 90.3 cm³/mol. The topological polar surface area (TPSA) is 59.9 Å². The normalized spacial score (nSPS) is 10.8. The quantitative estimate of drug-likeness (QED) is 0.658. The van der Waals surface area contributed by atoms with Crippen molar-refractivity contribution < 1.29 is 14.3 Å². The molecule has 0 atom stereocenters. The number of methoxy groups -OCH3 is 1. The monoisotopic (exact) mass is 312 g/mol. The molecule has 1 amide bonds. The number of nitrogens with zero attached hydrogens (tertiary/aromatic N) is 1. The van der Waals surface area contributed by atoms with E-state index in [1.165, 1.54) is 0 Å². The standard InChI is InChI=1S/C18H20N2O3/c1-13(2)23-16-9-7-14(8-10-16)12-19-20-18(21)15-5-4-6-17(11-15)22-3/h4-13H,1-3H3,(H,20,21)/b19-12-. The molecule has 5 nitrogen and oxygen atoms in total. The molecule has 0 aliphatic heterocycles. The van der Waals surface area contributed by atoms with E-state index in [2.05, 4.69) is 10.5 Å². The molecule has 0 unspecified atom stereocenters. The largest absolute Gasteiger partial charge is 0.497 e. The summed E-state index contributed by atoms with van der Waals surface area (Å²) in [6.45, 7) is 3.95. The third kappa shape index (κ3) is 5.14. The average molecular weight is 312 g/mol. The summed E-state index contributed by atoms with van der Waals surface area (Å²) in [6.07, 6.45) is 1.72. The third-order valence-electron chi connectivity index (χ3n) is 2.96. The molecule has 5 heteroatoms. The second kappa shape index (κ2) is 7.98. The smallest absolute Gasteiger partial charge is 0.271 e. The van der Waals surface area contributed by atoms with Crippen molar-refractivity contribution in [2.24, 2.45) is 5.10 Å². The number of carbonyl (C=O) groups excluding carboxylic acids is 1. The fourth-order valence-corrected chi connectivity index (χ4v) is 1.90. The number of benzene rings is 2. The second-order valence-electron chi connectivity index (χ2n) is 5.17. The molecule has 120 valence electrons. The van der Waals surface area contributed by atoms with Crippen LogP contribution >= 0.6 is 0 Å². The first-order valence-electron chi connectivity index (χ1n) is 7.32. The number of amides is 1. The molecule has 2 aromatic carbocycles. The van der Waals surface area contributed by atoms with Gasteiger partial charge in [0.25, 0.3) is 5.91 Å². The Morgan fingerprint density at radius 3 is 2.52 bits per heavy atom. The van der Waals surface area contributed by atoms with E-state index in [0.29, 0.717) is 11.3 Å². The van der Waals surface area contributed by atoms with E-state index < -0.39 is 0 Å². The highest BCUT2D eigenvalue weighted by molar-refractivity contribution is 5.95. The number of hydrogen-bond acceptors (Lipinski definition) is 4. The molecule has 0 heterocycles. The number of rotatable bonds is 6. The number of nitrogens with one attached hydrogen (secondary N) is 1. The molecule has 0 aliphatic carbocycles.